The van der Waals surface area contributed by atoms with Gasteiger partial charge in [-0.2, -0.15) is 0 Å². The largest absolute Gasteiger partial charge is 0.423 e. The molecule has 2 aromatic heterocycles. The summed E-state index contributed by atoms with van der Waals surface area (Å²) in [7, 11) is 0. The molecule has 0 amide bonds. The summed E-state index contributed by atoms with van der Waals surface area (Å²) in [6.45, 7) is 12.2. The van der Waals surface area contributed by atoms with Crippen LogP contribution in [0.3, 0.4) is 0 Å². The van der Waals surface area contributed by atoms with Crippen molar-refractivity contribution in [2.75, 3.05) is 62.4 Å². The maximum atomic E-state index is 6.74. The summed E-state index contributed by atoms with van der Waals surface area (Å²) in [6.07, 6.45) is 14.3. The van der Waals surface area contributed by atoms with Crippen LogP contribution in [-0.2, 0) is 35.4 Å². The van der Waals surface area contributed by atoms with Crippen molar-refractivity contribution in [1.82, 2.24) is 20.6 Å². The monoisotopic (exact) mass is 676 g/mol. The van der Waals surface area contributed by atoms with E-state index in [-0.39, 0.29) is 12.1 Å². The summed E-state index contributed by atoms with van der Waals surface area (Å²) in [5.41, 5.74) is 4.64. The Bertz CT molecular complexity index is 1300. The maximum Gasteiger partial charge on any atom is 0.219 e. The molecule has 5 heterocycles. The second-order valence-corrected chi connectivity index (χ2v) is 14.0. The third-order valence-electron chi connectivity index (χ3n) is 10.2. The van der Waals surface area contributed by atoms with E-state index in [1.165, 1.54) is 49.7 Å². The second kappa shape index (κ2) is 18.9. The highest BCUT2D eigenvalue weighted by atomic mass is 16.5. The molecule has 0 radical (unpaired) electrons. The molecule has 6 bridgehead atoms. The van der Waals surface area contributed by atoms with Crippen LogP contribution < -0.4 is 20.4 Å². The minimum atomic E-state index is 0.0598. The molecule has 2 saturated heterocycles. The molecule has 2 atom stereocenters. The zero-order valence-corrected chi connectivity index (χ0v) is 30.1. The average Bonchev–Trinajstić information content (AvgIpc) is 3.76. The lowest BCUT2D eigenvalue weighted by Gasteiger charge is -2.27. The SMILES string of the molecule is CCCCCCC1NCc2cccc(c2)CNC(CCCCCC)c2nc(c(N3CCOCC3)o2)CCCc2nc1oc2N1CCOCC1. The second-order valence-electron chi connectivity index (χ2n) is 14.0. The van der Waals surface area contributed by atoms with Gasteiger partial charge in [-0.15, -0.1) is 0 Å². The highest BCUT2D eigenvalue weighted by molar-refractivity contribution is 5.44. The zero-order valence-electron chi connectivity index (χ0n) is 30.1. The van der Waals surface area contributed by atoms with Crippen LogP contribution in [0.25, 0.3) is 0 Å². The average molecular weight is 677 g/mol. The molecule has 10 heteroatoms. The summed E-state index contributed by atoms with van der Waals surface area (Å²) in [4.78, 5) is 15.2. The maximum absolute atomic E-state index is 6.74. The number of ether oxygens (including phenoxy) is 2. The number of unbranched alkanes of at least 4 members (excludes halogenated alkanes) is 6. The number of hydrogen-bond donors (Lipinski definition) is 2. The number of oxazole rings is 2. The Morgan fingerprint density at radius 3 is 1.57 bits per heavy atom. The molecule has 0 aliphatic carbocycles. The molecule has 3 aliphatic heterocycles. The molecule has 1 aromatic carbocycles. The summed E-state index contributed by atoms with van der Waals surface area (Å²) in [5, 5.41) is 7.73. The van der Waals surface area contributed by atoms with Crippen molar-refractivity contribution in [3.05, 3.63) is 58.6 Å². The van der Waals surface area contributed by atoms with Crippen LogP contribution in [0.2, 0.25) is 0 Å². The van der Waals surface area contributed by atoms with Gasteiger partial charge in [0, 0.05) is 39.3 Å². The van der Waals surface area contributed by atoms with Gasteiger partial charge in [0.15, 0.2) is 0 Å². The lowest BCUT2D eigenvalue weighted by atomic mass is 10.0. The van der Waals surface area contributed by atoms with E-state index in [0.717, 1.165) is 119 Å². The van der Waals surface area contributed by atoms with Gasteiger partial charge in [0.1, 0.15) is 11.4 Å². The molecule has 2 N–H and O–H groups in total. The lowest BCUT2D eigenvalue weighted by Crippen LogP contribution is -2.36. The van der Waals surface area contributed by atoms with E-state index < -0.39 is 0 Å². The molecular weight excluding hydrogens is 616 g/mol. The number of fused-ring (bicyclic) bond motifs is 6. The zero-order chi connectivity index (χ0) is 33.7. The minimum Gasteiger partial charge on any atom is -0.423 e. The van der Waals surface area contributed by atoms with E-state index in [4.69, 9.17) is 28.3 Å². The van der Waals surface area contributed by atoms with E-state index in [9.17, 15) is 0 Å². The van der Waals surface area contributed by atoms with Crippen molar-refractivity contribution in [1.29, 1.82) is 0 Å². The first-order valence-electron chi connectivity index (χ1n) is 19.4. The van der Waals surface area contributed by atoms with Crippen LogP contribution in [0.1, 0.15) is 131 Å². The number of nitrogens with one attached hydrogen (secondary N) is 2. The molecule has 49 heavy (non-hydrogen) atoms. The highest BCUT2D eigenvalue weighted by Crippen LogP contribution is 2.33. The Kier molecular flexibility index (Phi) is 13.8. The molecule has 2 fully saturated rings. The number of aryl methyl sites for hydroxylation is 2. The summed E-state index contributed by atoms with van der Waals surface area (Å²) < 4.78 is 24.9. The summed E-state index contributed by atoms with van der Waals surface area (Å²) >= 11 is 0. The van der Waals surface area contributed by atoms with Crippen molar-refractivity contribution in [2.45, 2.75) is 122 Å². The van der Waals surface area contributed by atoms with E-state index in [0.29, 0.717) is 26.4 Å². The molecular formula is C39H60N6O4. The van der Waals surface area contributed by atoms with E-state index in [1.807, 2.05) is 0 Å². The Morgan fingerprint density at radius 2 is 1.12 bits per heavy atom. The Morgan fingerprint density at radius 1 is 0.653 bits per heavy atom. The summed E-state index contributed by atoms with van der Waals surface area (Å²) in [5.74, 6) is 3.47. The Hall–Kier alpha value is -2.92. The number of rotatable bonds is 12. The third-order valence-corrected chi connectivity index (χ3v) is 10.2. The number of anilines is 2. The van der Waals surface area contributed by atoms with Gasteiger partial charge in [-0.05, 0) is 43.2 Å². The first kappa shape index (κ1) is 35.9. The molecule has 3 aromatic rings. The first-order valence-corrected chi connectivity index (χ1v) is 19.4. The number of benzene rings is 1. The van der Waals surface area contributed by atoms with Crippen molar-refractivity contribution in [3.63, 3.8) is 0 Å². The van der Waals surface area contributed by atoms with Gasteiger partial charge >= 0.3 is 0 Å². The molecule has 0 spiro atoms. The standard InChI is InChI=1S/C39H60N6O4/c1-3-5-7-9-15-32-36-42-34(38(48-36)44-19-23-46-24-20-44)17-12-18-35-39(45-21-25-47-26-22-45)49-37(43-35)33(16-10-8-6-4-2)41-29-31-14-11-13-30(27-31)28-40-32/h11,13-14,27,32-33,40-41H,3-10,12,15-26,28-29H2,1-2H3. The fourth-order valence-corrected chi connectivity index (χ4v) is 7.31. The van der Waals surface area contributed by atoms with Crippen molar-refractivity contribution in [3.8, 4) is 0 Å². The first-order chi connectivity index (χ1) is 24.2. The van der Waals surface area contributed by atoms with Gasteiger partial charge in [0.2, 0.25) is 23.5 Å². The van der Waals surface area contributed by atoms with Crippen LogP contribution in [-0.4, -0.2) is 62.6 Å². The smallest absolute Gasteiger partial charge is 0.219 e. The number of aromatic nitrogens is 2. The topological polar surface area (TPSA) is 101 Å². The van der Waals surface area contributed by atoms with Crippen LogP contribution in [0, 0.1) is 0 Å². The summed E-state index contributed by atoms with van der Waals surface area (Å²) in [6, 6.07) is 9.07. The fraction of sp³-hybridized carbons (Fsp3) is 0.692. The van der Waals surface area contributed by atoms with Crippen molar-refractivity contribution in [2.24, 2.45) is 0 Å². The molecule has 3 aliphatic rings. The van der Waals surface area contributed by atoms with Crippen LogP contribution in [0.15, 0.2) is 33.1 Å². The molecule has 0 saturated carbocycles. The van der Waals surface area contributed by atoms with Gasteiger partial charge in [0.25, 0.3) is 0 Å². The van der Waals surface area contributed by atoms with E-state index in [2.05, 4.69) is 58.5 Å². The predicted molar refractivity (Wildman–Crippen MR) is 194 cm³/mol. The fourth-order valence-electron chi connectivity index (χ4n) is 7.31. The Labute approximate surface area is 293 Å². The number of hydrogen-bond acceptors (Lipinski definition) is 10. The third kappa shape index (κ3) is 10.1. The van der Waals surface area contributed by atoms with Crippen molar-refractivity contribution < 1.29 is 18.3 Å². The molecule has 2 unspecified atom stereocenters. The van der Waals surface area contributed by atoms with Crippen LogP contribution in [0.4, 0.5) is 11.8 Å². The van der Waals surface area contributed by atoms with E-state index >= 15 is 0 Å². The molecule has 270 valence electrons. The predicted octanol–water partition coefficient (Wildman–Crippen LogP) is 7.43. The lowest BCUT2D eigenvalue weighted by molar-refractivity contribution is 0.120. The Balaban J connectivity index is 1.32. The van der Waals surface area contributed by atoms with Gasteiger partial charge in [0.05, 0.1) is 38.5 Å². The van der Waals surface area contributed by atoms with Gasteiger partial charge in [-0.3, -0.25) is 0 Å². The van der Waals surface area contributed by atoms with Crippen LogP contribution in [0.5, 0.6) is 0 Å². The number of morpholine rings is 2. The molecule has 10 nitrogen and oxygen atoms in total. The highest BCUT2D eigenvalue weighted by Gasteiger charge is 2.28. The van der Waals surface area contributed by atoms with Gasteiger partial charge in [-0.1, -0.05) is 89.5 Å². The molecule has 6 rings (SSSR count). The van der Waals surface area contributed by atoms with Crippen LogP contribution >= 0.6 is 0 Å². The van der Waals surface area contributed by atoms with Crippen molar-refractivity contribution >= 4 is 11.8 Å². The minimum absolute atomic E-state index is 0.0598. The number of nitrogens with zero attached hydrogens (tertiary/aromatic N) is 4. The normalized spacial score (nSPS) is 21.0. The van der Waals surface area contributed by atoms with Gasteiger partial charge in [-0.25, -0.2) is 9.97 Å². The quantitative estimate of drug-likeness (QED) is 0.189. The van der Waals surface area contributed by atoms with E-state index in [1.54, 1.807) is 0 Å². The van der Waals surface area contributed by atoms with Gasteiger partial charge < -0.3 is 38.7 Å².